The monoisotopic (exact) mass is 654 g/mol. The molecular formula is C45H54N2O2. The van der Waals surface area contributed by atoms with Gasteiger partial charge in [0.1, 0.15) is 23.0 Å². The molecule has 8 rings (SSSR count). The normalized spacial score (nSPS) is 33.6. The molecule has 4 aliphatic rings. The van der Waals surface area contributed by atoms with Crippen molar-refractivity contribution in [1.29, 1.82) is 0 Å². The molecule has 0 bridgehead atoms. The average molecular weight is 655 g/mol. The van der Waals surface area contributed by atoms with Gasteiger partial charge < -0.3 is 20.9 Å². The molecule has 4 nitrogen and oxygen atoms in total. The van der Waals surface area contributed by atoms with Crippen LogP contribution in [0, 0.1) is 40.4 Å². The van der Waals surface area contributed by atoms with Gasteiger partial charge in [-0.2, -0.15) is 0 Å². The first-order valence-electron chi connectivity index (χ1n) is 19.0. The molecule has 4 aromatic rings. The number of anilines is 2. The van der Waals surface area contributed by atoms with Crippen LogP contribution < -0.4 is 20.9 Å². The highest BCUT2D eigenvalue weighted by atomic mass is 16.5. The lowest BCUT2D eigenvalue weighted by molar-refractivity contribution is -0.119. The van der Waals surface area contributed by atoms with Gasteiger partial charge in [-0.25, -0.2) is 0 Å². The van der Waals surface area contributed by atoms with E-state index in [1.54, 1.807) is 0 Å². The molecule has 0 radical (unpaired) electrons. The Bertz CT molecular complexity index is 1770. The second kappa shape index (κ2) is 12.4. The Kier molecular flexibility index (Phi) is 8.20. The number of nitrogen functional groups attached to an aromatic ring is 2. The Balaban J connectivity index is 1.12. The molecule has 0 aliphatic heterocycles. The summed E-state index contributed by atoms with van der Waals surface area (Å²) in [5, 5.41) is 0. The van der Waals surface area contributed by atoms with Crippen LogP contribution >= 0.6 is 0 Å². The molecule has 0 aromatic heterocycles. The molecular weight excluding hydrogens is 601 g/mol. The number of fused-ring (bicyclic) bond motifs is 5. The van der Waals surface area contributed by atoms with E-state index >= 15 is 0 Å². The summed E-state index contributed by atoms with van der Waals surface area (Å²) in [6, 6.07) is 33.2. The van der Waals surface area contributed by atoms with Crippen LogP contribution in [0.5, 0.6) is 23.0 Å². The summed E-state index contributed by atoms with van der Waals surface area (Å²) < 4.78 is 12.7. The summed E-state index contributed by atoms with van der Waals surface area (Å²) in [7, 11) is 0. The zero-order valence-electron chi connectivity index (χ0n) is 29.7. The smallest absolute Gasteiger partial charge is 0.127 e. The molecule has 4 heteroatoms. The van der Waals surface area contributed by atoms with Gasteiger partial charge in [-0.1, -0.05) is 51.5 Å². The van der Waals surface area contributed by atoms with Crippen LogP contribution in [0.4, 0.5) is 11.4 Å². The van der Waals surface area contributed by atoms with Crippen molar-refractivity contribution in [1.82, 2.24) is 0 Å². The standard InChI is InChI=1S/C45H54N2O2/c1-4-30-11-23-41-40-22-10-33-29-45(27-26-44(33,3)42(40)24-25-43(30,41)2,31-8-16-36(17-9-31)48-37-18-12-34(46)13-19-37)32-6-5-7-39(28-32)49-38-20-14-35(47)15-21-38/h5-9,12-21,28,30,33,40-42H,4,10-11,22-27,29,46-47H2,1-3H3. The summed E-state index contributed by atoms with van der Waals surface area (Å²) in [5.74, 6) is 7.64. The average Bonchev–Trinajstić information content (AvgIpc) is 3.47. The van der Waals surface area contributed by atoms with Crippen LogP contribution in [0.3, 0.4) is 0 Å². The minimum atomic E-state index is -0.0962. The first-order chi connectivity index (χ1) is 23.7. The Hall–Kier alpha value is -3.92. The van der Waals surface area contributed by atoms with E-state index in [1.807, 2.05) is 48.5 Å². The second-order valence-corrected chi connectivity index (χ2v) is 16.6. The molecule has 0 amide bonds. The van der Waals surface area contributed by atoms with Crippen LogP contribution in [-0.2, 0) is 5.41 Å². The largest absolute Gasteiger partial charge is 0.457 e. The third-order valence-corrected chi connectivity index (χ3v) is 14.5. The fourth-order valence-electron chi connectivity index (χ4n) is 11.8. The molecule has 4 N–H and O–H groups in total. The number of hydrogen-bond acceptors (Lipinski definition) is 4. The molecule has 0 heterocycles. The highest BCUT2D eigenvalue weighted by Crippen LogP contribution is 2.69. The van der Waals surface area contributed by atoms with E-state index in [9.17, 15) is 0 Å². The van der Waals surface area contributed by atoms with Crippen LogP contribution in [0.25, 0.3) is 0 Å². The van der Waals surface area contributed by atoms with Crippen molar-refractivity contribution < 1.29 is 9.47 Å². The topological polar surface area (TPSA) is 70.5 Å². The van der Waals surface area contributed by atoms with Crippen molar-refractivity contribution in [2.45, 2.75) is 90.4 Å². The SMILES string of the molecule is CCC1CCC2C3CCC4CC(c5ccc(Oc6ccc(N)cc6)cc5)(c5cccc(Oc6ccc(N)cc6)c5)CCC4(C)C3CCC12C. The lowest BCUT2D eigenvalue weighted by Crippen LogP contribution is -2.55. The van der Waals surface area contributed by atoms with E-state index in [0.717, 1.165) is 64.5 Å². The van der Waals surface area contributed by atoms with Crippen LogP contribution in [0.15, 0.2) is 97.1 Å². The van der Waals surface area contributed by atoms with Crippen molar-refractivity contribution in [3.63, 3.8) is 0 Å². The van der Waals surface area contributed by atoms with Gasteiger partial charge in [-0.3, -0.25) is 0 Å². The van der Waals surface area contributed by atoms with E-state index in [2.05, 4.69) is 69.3 Å². The van der Waals surface area contributed by atoms with Crippen molar-refractivity contribution in [3.8, 4) is 23.0 Å². The van der Waals surface area contributed by atoms with Crippen molar-refractivity contribution in [2.24, 2.45) is 40.4 Å². The number of nitrogens with two attached hydrogens (primary N) is 2. The highest BCUT2D eigenvalue weighted by Gasteiger charge is 2.61. The first kappa shape index (κ1) is 32.3. The number of ether oxygens (including phenoxy) is 2. The molecule has 49 heavy (non-hydrogen) atoms. The van der Waals surface area contributed by atoms with Gasteiger partial charge >= 0.3 is 0 Å². The zero-order valence-corrected chi connectivity index (χ0v) is 29.7. The predicted octanol–water partition coefficient (Wildman–Crippen LogP) is 11.8. The minimum absolute atomic E-state index is 0.0962. The minimum Gasteiger partial charge on any atom is -0.457 e. The maximum absolute atomic E-state index is 6.42. The lowest BCUT2D eigenvalue weighted by atomic mass is 9.42. The third-order valence-electron chi connectivity index (χ3n) is 14.5. The summed E-state index contributed by atoms with van der Waals surface area (Å²) in [6.07, 6.45) is 13.5. The molecule has 8 unspecified atom stereocenters. The van der Waals surface area contributed by atoms with Crippen molar-refractivity contribution >= 4 is 11.4 Å². The maximum atomic E-state index is 6.42. The van der Waals surface area contributed by atoms with Crippen LogP contribution in [-0.4, -0.2) is 0 Å². The van der Waals surface area contributed by atoms with Gasteiger partial charge in [0.05, 0.1) is 0 Å². The molecule has 0 spiro atoms. The van der Waals surface area contributed by atoms with Gasteiger partial charge in [-0.15, -0.1) is 0 Å². The molecule has 256 valence electrons. The van der Waals surface area contributed by atoms with Crippen LogP contribution in [0.2, 0.25) is 0 Å². The van der Waals surface area contributed by atoms with Gasteiger partial charge in [-0.05, 0) is 182 Å². The molecule has 4 aliphatic carbocycles. The maximum Gasteiger partial charge on any atom is 0.127 e. The summed E-state index contributed by atoms with van der Waals surface area (Å²) in [4.78, 5) is 0. The Morgan fingerprint density at radius 2 is 1.20 bits per heavy atom. The van der Waals surface area contributed by atoms with Crippen LogP contribution in [0.1, 0.15) is 96.1 Å². The third kappa shape index (κ3) is 5.60. The second-order valence-electron chi connectivity index (χ2n) is 16.6. The lowest BCUT2D eigenvalue weighted by Gasteiger charge is -2.63. The summed E-state index contributed by atoms with van der Waals surface area (Å²) in [5.41, 5.74) is 17.0. The number of hydrogen-bond donors (Lipinski definition) is 2. The van der Waals surface area contributed by atoms with E-state index in [0.29, 0.717) is 16.7 Å². The molecule has 8 atom stereocenters. The molecule has 4 aromatic carbocycles. The quantitative estimate of drug-likeness (QED) is 0.195. The van der Waals surface area contributed by atoms with Crippen molar-refractivity contribution in [2.75, 3.05) is 11.5 Å². The number of rotatable bonds is 7. The van der Waals surface area contributed by atoms with Gasteiger partial charge in [0.15, 0.2) is 0 Å². The molecule has 4 saturated carbocycles. The van der Waals surface area contributed by atoms with Gasteiger partial charge in [0.2, 0.25) is 0 Å². The predicted molar refractivity (Wildman–Crippen MR) is 201 cm³/mol. The Morgan fingerprint density at radius 1 is 0.592 bits per heavy atom. The summed E-state index contributed by atoms with van der Waals surface area (Å²) in [6.45, 7) is 7.82. The van der Waals surface area contributed by atoms with E-state index in [-0.39, 0.29) is 5.41 Å². The Morgan fingerprint density at radius 3 is 1.86 bits per heavy atom. The van der Waals surface area contributed by atoms with Crippen molar-refractivity contribution in [3.05, 3.63) is 108 Å². The van der Waals surface area contributed by atoms with Gasteiger partial charge in [0, 0.05) is 16.8 Å². The molecule has 0 saturated heterocycles. The fourth-order valence-corrected chi connectivity index (χ4v) is 11.8. The Labute approximate surface area is 293 Å². The van der Waals surface area contributed by atoms with Gasteiger partial charge in [0.25, 0.3) is 0 Å². The van der Waals surface area contributed by atoms with E-state index < -0.39 is 0 Å². The number of benzene rings is 4. The van der Waals surface area contributed by atoms with E-state index in [1.165, 1.54) is 68.9 Å². The highest BCUT2D eigenvalue weighted by molar-refractivity contribution is 5.48. The fraction of sp³-hybridized carbons (Fsp3) is 0.467. The summed E-state index contributed by atoms with van der Waals surface area (Å²) >= 11 is 0. The zero-order chi connectivity index (χ0) is 33.8. The first-order valence-corrected chi connectivity index (χ1v) is 19.0. The molecule has 4 fully saturated rings. The van der Waals surface area contributed by atoms with E-state index in [4.69, 9.17) is 20.9 Å².